The first-order valence-corrected chi connectivity index (χ1v) is 7.82. The highest BCUT2D eigenvalue weighted by molar-refractivity contribution is 5.78. The van der Waals surface area contributed by atoms with Gasteiger partial charge in [0.1, 0.15) is 0 Å². The molecule has 3 rings (SSSR count). The molecule has 1 aliphatic rings. The molecule has 0 fully saturated rings. The molecule has 0 saturated carbocycles. The number of nitrogens with one attached hydrogen (secondary N) is 1. The topological polar surface area (TPSA) is 71.0 Å². The quantitative estimate of drug-likeness (QED) is 0.917. The van der Waals surface area contributed by atoms with E-state index >= 15 is 0 Å². The maximum absolute atomic E-state index is 12.2. The lowest BCUT2D eigenvalue weighted by Crippen LogP contribution is -2.40. The molecule has 2 aromatic heterocycles. The summed E-state index contributed by atoms with van der Waals surface area (Å²) < 4.78 is 0. The summed E-state index contributed by atoms with van der Waals surface area (Å²) >= 11 is 0. The summed E-state index contributed by atoms with van der Waals surface area (Å²) in [6, 6.07) is 3.92. The Labute approximate surface area is 136 Å². The number of carbonyl (C=O) groups excluding carboxylic acids is 1. The van der Waals surface area contributed by atoms with Gasteiger partial charge in [0.05, 0.1) is 6.42 Å². The maximum Gasteiger partial charge on any atom is 0.224 e. The molecule has 0 radical (unpaired) electrons. The molecule has 1 amide bonds. The molecule has 0 bridgehead atoms. The van der Waals surface area contributed by atoms with E-state index in [0.29, 0.717) is 6.42 Å². The average molecular weight is 311 g/mol. The van der Waals surface area contributed by atoms with Crippen molar-refractivity contribution in [3.63, 3.8) is 0 Å². The minimum atomic E-state index is 0.0391. The Morgan fingerprint density at radius 3 is 3.00 bits per heavy atom. The number of anilines is 1. The number of aryl methyl sites for hydroxylation is 1. The van der Waals surface area contributed by atoms with Gasteiger partial charge in [-0.1, -0.05) is 6.07 Å². The number of pyridine rings is 1. The minimum absolute atomic E-state index is 0.0391. The van der Waals surface area contributed by atoms with Crippen molar-refractivity contribution in [2.45, 2.75) is 31.7 Å². The number of fused-ring (bicyclic) bond motifs is 1. The third kappa shape index (κ3) is 3.83. The maximum atomic E-state index is 12.2. The highest BCUT2D eigenvalue weighted by atomic mass is 16.1. The van der Waals surface area contributed by atoms with E-state index in [1.54, 1.807) is 12.4 Å². The lowest BCUT2D eigenvalue weighted by atomic mass is 9.92. The second kappa shape index (κ2) is 6.73. The number of amides is 1. The number of nitrogens with zero attached hydrogens (tertiary/aromatic N) is 4. The van der Waals surface area contributed by atoms with Gasteiger partial charge in [0.25, 0.3) is 0 Å². The normalized spacial score (nSPS) is 16.5. The predicted octanol–water partition coefficient (Wildman–Crippen LogP) is 1.15. The number of rotatable bonds is 4. The first-order valence-electron chi connectivity index (χ1n) is 7.82. The highest BCUT2D eigenvalue weighted by Crippen LogP contribution is 2.21. The van der Waals surface area contributed by atoms with Crippen molar-refractivity contribution in [3.05, 3.63) is 47.5 Å². The predicted molar refractivity (Wildman–Crippen MR) is 88.3 cm³/mol. The van der Waals surface area contributed by atoms with Gasteiger partial charge in [0.15, 0.2) is 0 Å². The summed E-state index contributed by atoms with van der Waals surface area (Å²) in [5, 5.41) is 3.11. The van der Waals surface area contributed by atoms with Crippen molar-refractivity contribution < 1.29 is 4.79 Å². The molecule has 2 heterocycles. The van der Waals surface area contributed by atoms with Crippen LogP contribution in [0.5, 0.6) is 0 Å². The standard InChI is InChI=1S/C17H21N5O/c1-22(2)17-19-11-13-9-14(5-6-15(13)21-17)20-16(23)8-12-4-3-7-18-10-12/h3-4,7,10-11,14H,5-6,8-9H2,1-2H3,(H,20,23). The number of hydrogen-bond donors (Lipinski definition) is 1. The van der Waals surface area contributed by atoms with Gasteiger partial charge in [-0.25, -0.2) is 9.97 Å². The highest BCUT2D eigenvalue weighted by Gasteiger charge is 2.22. The van der Waals surface area contributed by atoms with Crippen LogP contribution in [0, 0.1) is 0 Å². The monoisotopic (exact) mass is 311 g/mol. The van der Waals surface area contributed by atoms with Crippen LogP contribution in [0.3, 0.4) is 0 Å². The van der Waals surface area contributed by atoms with E-state index in [4.69, 9.17) is 0 Å². The fourth-order valence-electron chi connectivity index (χ4n) is 2.80. The van der Waals surface area contributed by atoms with Gasteiger partial charge in [0.2, 0.25) is 11.9 Å². The Kier molecular flexibility index (Phi) is 4.50. The lowest BCUT2D eigenvalue weighted by molar-refractivity contribution is -0.121. The van der Waals surface area contributed by atoms with Gasteiger partial charge in [-0.2, -0.15) is 0 Å². The van der Waals surface area contributed by atoms with Gasteiger partial charge < -0.3 is 10.2 Å². The third-order valence-electron chi connectivity index (χ3n) is 3.99. The van der Waals surface area contributed by atoms with Crippen LogP contribution in [0.1, 0.15) is 23.2 Å². The molecule has 0 saturated heterocycles. The van der Waals surface area contributed by atoms with Crippen LogP contribution in [0.2, 0.25) is 0 Å². The Morgan fingerprint density at radius 1 is 1.39 bits per heavy atom. The van der Waals surface area contributed by atoms with Gasteiger partial charge in [-0.15, -0.1) is 0 Å². The van der Waals surface area contributed by atoms with E-state index in [-0.39, 0.29) is 11.9 Å². The zero-order valence-electron chi connectivity index (χ0n) is 13.5. The third-order valence-corrected chi connectivity index (χ3v) is 3.99. The zero-order chi connectivity index (χ0) is 16.2. The number of carbonyl (C=O) groups is 1. The molecule has 1 unspecified atom stereocenters. The first-order chi connectivity index (χ1) is 11.1. The van der Waals surface area contributed by atoms with Crippen LogP contribution in [-0.2, 0) is 24.1 Å². The molecular weight excluding hydrogens is 290 g/mol. The van der Waals surface area contributed by atoms with E-state index in [1.165, 1.54) is 0 Å². The van der Waals surface area contributed by atoms with Crippen LogP contribution < -0.4 is 10.2 Å². The molecule has 0 aromatic carbocycles. The fourth-order valence-corrected chi connectivity index (χ4v) is 2.80. The van der Waals surface area contributed by atoms with Crippen LogP contribution in [-0.4, -0.2) is 41.0 Å². The van der Waals surface area contributed by atoms with Gasteiger partial charge >= 0.3 is 0 Å². The summed E-state index contributed by atoms with van der Waals surface area (Å²) in [5.74, 6) is 0.778. The minimum Gasteiger partial charge on any atom is -0.353 e. The molecule has 2 aromatic rings. The molecule has 23 heavy (non-hydrogen) atoms. The van der Waals surface area contributed by atoms with Crippen LogP contribution in [0.25, 0.3) is 0 Å². The SMILES string of the molecule is CN(C)c1ncc2c(n1)CCC(NC(=O)Cc1cccnc1)C2. The second-order valence-electron chi connectivity index (χ2n) is 6.08. The largest absolute Gasteiger partial charge is 0.353 e. The molecule has 1 atom stereocenters. The summed E-state index contributed by atoms with van der Waals surface area (Å²) in [7, 11) is 3.87. The van der Waals surface area contributed by atoms with E-state index < -0.39 is 0 Å². The van der Waals surface area contributed by atoms with Gasteiger partial charge in [-0.3, -0.25) is 9.78 Å². The van der Waals surface area contributed by atoms with Gasteiger partial charge in [0, 0.05) is 44.4 Å². The van der Waals surface area contributed by atoms with Crippen molar-refractivity contribution >= 4 is 11.9 Å². The number of hydrogen-bond acceptors (Lipinski definition) is 5. The zero-order valence-corrected chi connectivity index (χ0v) is 13.5. The number of aromatic nitrogens is 3. The van der Waals surface area contributed by atoms with Crippen molar-refractivity contribution in [3.8, 4) is 0 Å². The average Bonchev–Trinajstić information content (AvgIpc) is 2.55. The van der Waals surface area contributed by atoms with Crippen molar-refractivity contribution in [1.82, 2.24) is 20.3 Å². The van der Waals surface area contributed by atoms with Gasteiger partial charge in [-0.05, 0) is 36.5 Å². The summed E-state index contributed by atoms with van der Waals surface area (Å²) in [4.78, 5) is 27.1. The summed E-state index contributed by atoms with van der Waals surface area (Å²) in [6.07, 6.45) is 8.27. The molecular formula is C17H21N5O. The molecule has 120 valence electrons. The first kappa shape index (κ1) is 15.4. The van der Waals surface area contributed by atoms with Crippen molar-refractivity contribution in [2.75, 3.05) is 19.0 Å². The van der Waals surface area contributed by atoms with Crippen LogP contribution >= 0.6 is 0 Å². The Hall–Kier alpha value is -2.50. The van der Waals surface area contributed by atoms with Crippen molar-refractivity contribution in [2.24, 2.45) is 0 Å². The van der Waals surface area contributed by atoms with E-state index in [2.05, 4.69) is 20.3 Å². The fraction of sp³-hybridized carbons (Fsp3) is 0.412. The van der Waals surface area contributed by atoms with E-state index in [1.807, 2.05) is 37.3 Å². The van der Waals surface area contributed by atoms with Crippen LogP contribution in [0.4, 0.5) is 5.95 Å². The second-order valence-corrected chi connectivity index (χ2v) is 6.08. The lowest BCUT2D eigenvalue weighted by Gasteiger charge is -2.25. The Balaban J connectivity index is 1.60. The molecule has 6 heteroatoms. The Bertz CT molecular complexity index is 687. The smallest absolute Gasteiger partial charge is 0.224 e. The summed E-state index contributed by atoms with van der Waals surface area (Å²) in [6.45, 7) is 0. The molecule has 0 spiro atoms. The van der Waals surface area contributed by atoms with Crippen molar-refractivity contribution in [1.29, 1.82) is 0 Å². The molecule has 1 N–H and O–H groups in total. The Morgan fingerprint density at radius 2 is 2.26 bits per heavy atom. The molecule has 1 aliphatic carbocycles. The van der Waals surface area contributed by atoms with E-state index in [0.717, 1.165) is 42.0 Å². The molecule has 0 aliphatic heterocycles. The molecule has 6 nitrogen and oxygen atoms in total. The summed E-state index contributed by atoms with van der Waals surface area (Å²) in [5.41, 5.74) is 3.16. The van der Waals surface area contributed by atoms with Crippen LogP contribution in [0.15, 0.2) is 30.7 Å². The van der Waals surface area contributed by atoms with E-state index in [9.17, 15) is 4.79 Å².